The van der Waals surface area contributed by atoms with Crippen LogP contribution < -0.4 is 0 Å². The molecule has 0 amide bonds. The average molecular weight is 373 g/mol. The number of halogens is 1. The van der Waals surface area contributed by atoms with Crippen LogP contribution >= 0.6 is 11.8 Å². The zero-order valence-electron chi connectivity index (χ0n) is 13.3. The smallest absolute Gasteiger partial charge is 0.319 e. The Morgan fingerprint density at radius 2 is 2.04 bits per heavy atom. The number of hydrogen-bond donors (Lipinski definition) is 0. The van der Waals surface area contributed by atoms with Gasteiger partial charge in [-0.2, -0.15) is 0 Å². The van der Waals surface area contributed by atoms with E-state index in [2.05, 4.69) is 4.98 Å². The minimum Gasteiger partial charge on any atom is -0.465 e. The van der Waals surface area contributed by atoms with Gasteiger partial charge >= 0.3 is 5.97 Å². The summed E-state index contributed by atoms with van der Waals surface area (Å²) >= 11 is 1.24. The van der Waals surface area contributed by atoms with E-state index in [0.717, 1.165) is 0 Å². The van der Waals surface area contributed by atoms with Crippen molar-refractivity contribution in [2.24, 2.45) is 0 Å². The van der Waals surface area contributed by atoms with Gasteiger partial charge in [0, 0.05) is 24.2 Å². The maximum Gasteiger partial charge on any atom is 0.319 e. The van der Waals surface area contributed by atoms with Crippen molar-refractivity contribution < 1.29 is 18.8 Å². The number of cyclic esters (lactones) is 1. The molecule has 2 heterocycles. The minimum atomic E-state index is -0.489. The number of carbonyl (C=O) groups is 1. The van der Waals surface area contributed by atoms with Crippen molar-refractivity contribution in [3.63, 3.8) is 0 Å². The van der Waals surface area contributed by atoms with Crippen LogP contribution in [0.4, 0.5) is 10.1 Å². The van der Waals surface area contributed by atoms with E-state index in [4.69, 9.17) is 4.74 Å². The Morgan fingerprint density at radius 1 is 1.27 bits per heavy atom. The predicted octanol–water partition coefficient (Wildman–Crippen LogP) is 3.48. The van der Waals surface area contributed by atoms with Crippen molar-refractivity contribution in [1.82, 2.24) is 9.55 Å². The summed E-state index contributed by atoms with van der Waals surface area (Å²) in [7, 11) is 0. The number of thioether (sulfide) groups is 1. The number of rotatable bonds is 4. The molecule has 1 aliphatic heterocycles. The van der Waals surface area contributed by atoms with Gasteiger partial charge in [0.05, 0.1) is 22.6 Å². The fourth-order valence-electron chi connectivity index (χ4n) is 2.79. The average Bonchev–Trinajstić information content (AvgIpc) is 3.18. The first-order valence-electron chi connectivity index (χ1n) is 7.79. The highest BCUT2D eigenvalue weighted by molar-refractivity contribution is 8.00. The summed E-state index contributed by atoms with van der Waals surface area (Å²) < 4.78 is 20.0. The highest BCUT2D eigenvalue weighted by Gasteiger charge is 2.30. The van der Waals surface area contributed by atoms with E-state index >= 15 is 0 Å². The quantitative estimate of drug-likeness (QED) is 0.395. The number of carbonyl (C=O) groups excluding carboxylic acids is 1. The number of hydrogen-bond acceptors (Lipinski definition) is 6. The Balaban J connectivity index is 1.87. The van der Waals surface area contributed by atoms with Gasteiger partial charge in [-0.15, -0.1) is 0 Å². The van der Waals surface area contributed by atoms with Crippen LogP contribution in [0.1, 0.15) is 6.42 Å². The van der Waals surface area contributed by atoms with E-state index in [1.807, 2.05) is 0 Å². The summed E-state index contributed by atoms with van der Waals surface area (Å²) in [5, 5.41) is 11.1. The molecular formula is C17H12FN3O4S. The molecule has 0 spiro atoms. The number of fused-ring (bicyclic) bond motifs is 1. The Kier molecular flexibility index (Phi) is 4.08. The SMILES string of the molecule is O=C1OCC[C@@H]1Sc1nc2cc([N+](=O)[O-])ccc2n1-c1ccc(F)cc1. The summed E-state index contributed by atoms with van der Waals surface area (Å²) in [6.45, 7) is 0.360. The normalized spacial score (nSPS) is 16.8. The van der Waals surface area contributed by atoms with Gasteiger partial charge in [-0.1, -0.05) is 11.8 Å². The zero-order valence-corrected chi connectivity index (χ0v) is 14.1. The van der Waals surface area contributed by atoms with Crippen molar-refractivity contribution in [1.29, 1.82) is 0 Å². The van der Waals surface area contributed by atoms with Crippen LogP contribution in [0, 0.1) is 15.9 Å². The van der Waals surface area contributed by atoms with Crippen LogP contribution in [-0.4, -0.2) is 32.3 Å². The molecule has 1 fully saturated rings. The number of ether oxygens (including phenoxy) is 1. The molecule has 1 aliphatic rings. The first-order valence-corrected chi connectivity index (χ1v) is 8.67. The molecule has 0 bridgehead atoms. The third-order valence-corrected chi connectivity index (χ3v) is 5.24. The van der Waals surface area contributed by atoms with Gasteiger partial charge in [0.25, 0.3) is 5.69 Å². The summed E-state index contributed by atoms with van der Waals surface area (Å²) in [5.74, 6) is -0.680. The van der Waals surface area contributed by atoms with Gasteiger partial charge in [-0.3, -0.25) is 19.5 Å². The predicted molar refractivity (Wildman–Crippen MR) is 92.9 cm³/mol. The van der Waals surface area contributed by atoms with Crippen LogP contribution in [0.5, 0.6) is 0 Å². The minimum absolute atomic E-state index is 0.0712. The van der Waals surface area contributed by atoms with Gasteiger partial charge in [-0.25, -0.2) is 9.37 Å². The highest BCUT2D eigenvalue weighted by atomic mass is 32.2. The standard InChI is InChI=1S/C17H12FN3O4S/c18-10-1-3-11(4-2-10)20-14-6-5-12(21(23)24)9-13(14)19-17(20)26-15-7-8-25-16(15)22/h1-6,9,15H,7-8H2/t15-/m0/s1. The Hall–Kier alpha value is -2.94. The van der Waals surface area contributed by atoms with Crippen LogP contribution in [0.25, 0.3) is 16.7 Å². The van der Waals surface area contributed by atoms with Gasteiger partial charge in [0.2, 0.25) is 0 Å². The summed E-state index contributed by atoms with van der Waals surface area (Å²) in [6, 6.07) is 10.2. The number of nitrogens with zero attached hydrogens (tertiary/aromatic N) is 3. The lowest BCUT2D eigenvalue weighted by molar-refractivity contribution is -0.384. The largest absolute Gasteiger partial charge is 0.465 e. The van der Waals surface area contributed by atoms with Crippen LogP contribution in [-0.2, 0) is 9.53 Å². The summed E-state index contributed by atoms with van der Waals surface area (Å²) in [6.07, 6.45) is 0.566. The van der Waals surface area contributed by atoms with E-state index in [9.17, 15) is 19.3 Å². The Bertz CT molecular complexity index is 1020. The number of esters is 1. The Morgan fingerprint density at radius 3 is 2.69 bits per heavy atom. The summed E-state index contributed by atoms with van der Waals surface area (Å²) in [4.78, 5) is 26.8. The molecule has 132 valence electrons. The van der Waals surface area contributed by atoms with Gasteiger partial charge in [0.1, 0.15) is 11.1 Å². The second kappa shape index (κ2) is 6.41. The van der Waals surface area contributed by atoms with Crippen LogP contribution in [0.3, 0.4) is 0 Å². The maximum absolute atomic E-state index is 13.3. The number of nitro groups is 1. The molecule has 7 nitrogen and oxygen atoms in total. The number of non-ortho nitro benzene ring substituents is 1. The molecule has 0 aliphatic carbocycles. The van der Waals surface area contributed by atoms with Crippen LogP contribution in [0.2, 0.25) is 0 Å². The van der Waals surface area contributed by atoms with E-state index in [-0.39, 0.29) is 22.7 Å². The van der Waals surface area contributed by atoms with Gasteiger partial charge in [0.15, 0.2) is 5.16 Å². The lowest BCUT2D eigenvalue weighted by Crippen LogP contribution is -2.11. The molecule has 0 saturated carbocycles. The molecular weight excluding hydrogens is 361 g/mol. The first-order chi connectivity index (χ1) is 12.5. The zero-order chi connectivity index (χ0) is 18.3. The topological polar surface area (TPSA) is 87.3 Å². The second-order valence-corrected chi connectivity index (χ2v) is 6.87. The summed E-state index contributed by atoms with van der Waals surface area (Å²) in [5.41, 5.74) is 1.64. The molecule has 0 radical (unpaired) electrons. The highest BCUT2D eigenvalue weighted by Crippen LogP contribution is 2.34. The van der Waals surface area contributed by atoms with Crippen molar-refractivity contribution in [3.05, 3.63) is 58.4 Å². The van der Waals surface area contributed by atoms with E-state index < -0.39 is 4.92 Å². The van der Waals surface area contributed by atoms with Crippen molar-refractivity contribution >= 4 is 34.5 Å². The molecule has 1 aromatic heterocycles. The van der Waals surface area contributed by atoms with Crippen molar-refractivity contribution in [2.45, 2.75) is 16.8 Å². The Labute approximate surface area is 150 Å². The number of nitro benzene ring substituents is 1. The third-order valence-electron chi connectivity index (χ3n) is 4.04. The first kappa shape index (κ1) is 16.5. The monoisotopic (exact) mass is 373 g/mol. The fourth-order valence-corrected chi connectivity index (χ4v) is 3.88. The molecule has 9 heteroatoms. The van der Waals surface area contributed by atoms with Crippen molar-refractivity contribution in [2.75, 3.05) is 6.61 Å². The molecule has 2 aromatic carbocycles. The van der Waals surface area contributed by atoms with E-state index in [1.54, 1.807) is 22.8 Å². The lowest BCUT2D eigenvalue weighted by atomic mass is 10.2. The number of imidazole rings is 1. The van der Waals surface area contributed by atoms with Gasteiger partial charge in [-0.05, 0) is 30.3 Å². The van der Waals surface area contributed by atoms with Gasteiger partial charge < -0.3 is 4.74 Å². The number of benzene rings is 2. The molecule has 0 unspecified atom stereocenters. The maximum atomic E-state index is 13.3. The molecule has 3 aromatic rings. The van der Waals surface area contributed by atoms with Crippen molar-refractivity contribution in [3.8, 4) is 5.69 Å². The molecule has 26 heavy (non-hydrogen) atoms. The lowest BCUT2D eigenvalue weighted by Gasteiger charge is -2.10. The molecule has 1 atom stereocenters. The van der Waals surface area contributed by atoms with E-state index in [0.29, 0.717) is 34.9 Å². The van der Waals surface area contributed by atoms with Crippen LogP contribution in [0.15, 0.2) is 47.6 Å². The van der Waals surface area contributed by atoms with E-state index in [1.165, 1.54) is 36.0 Å². The molecule has 0 N–H and O–H groups in total. The third kappa shape index (κ3) is 2.90. The fraction of sp³-hybridized carbons (Fsp3) is 0.176. The second-order valence-electron chi connectivity index (χ2n) is 5.70. The number of aromatic nitrogens is 2. The molecule has 4 rings (SSSR count). The molecule has 1 saturated heterocycles.